The Hall–Kier alpha value is -2.31. The molecule has 0 saturated carbocycles. The van der Waals surface area contributed by atoms with Gasteiger partial charge in [-0.05, 0) is 48.1 Å². The molecule has 0 radical (unpaired) electrons. The van der Waals surface area contributed by atoms with Crippen molar-refractivity contribution in [3.05, 3.63) is 51.2 Å². The molecule has 0 spiro atoms. The summed E-state index contributed by atoms with van der Waals surface area (Å²) < 4.78 is 15.9. The first-order valence-corrected chi connectivity index (χ1v) is 10.1. The summed E-state index contributed by atoms with van der Waals surface area (Å²) in [6.07, 6.45) is 2.05. The first-order valence-electron chi connectivity index (χ1n) is 8.87. The Labute approximate surface area is 172 Å². The second-order valence-corrected chi connectivity index (χ2v) is 7.62. The SMILES string of the molecule is CCOC(=O)[C@@H]1C(=O)C=C(c2cccs2)C[C@@H]1c1ccc(OC)c(OC)c1Cl. The van der Waals surface area contributed by atoms with Gasteiger partial charge in [-0.25, -0.2) is 0 Å². The van der Waals surface area contributed by atoms with Gasteiger partial charge in [0.2, 0.25) is 0 Å². The van der Waals surface area contributed by atoms with Crippen LogP contribution in [0.15, 0.2) is 35.7 Å². The number of benzene rings is 1. The zero-order valence-electron chi connectivity index (χ0n) is 15.9. The van der Waals surface area contributed by atoms with Gasteiger partial charge in [-0.3, -0.25) is 9.59 Å². The maximum atomic E-state index is 12.9. The number of rotatable bonds is 6. The first-order chi connectivity index (χ1) is 13.5. The number of methoxy groups -OCH3 is 2. The molecule has 0 amide bonds. The van der Waals surface area contributed by atoms with Crippen molar-refractivity contribution in [2.45, 2.75) is 19.3 Å². The average Bonchev–Trinajstić information content (AvgIpc) is 3.22. The average molecular weight is 421 g/mol. The Morgan fingerprint density at radius 3 is 2.64 bits per heavy atom. The van der Waals surface area contributed by atoms with Crippen LogP contribution >= 0.6 is 22.9 Å². The van der Waals surface area contributed by atoms with E-state index in [4.69, 9.17) is 25.8 Å². The van der Waals surface area contributed by atoms with Crippen LogP contribution < -0.4 is 9.47 Å². The van der Waals surface area contributed by atoms with E-state index in [1.807, 2.05) is 17.5 Å². The molecule has 0 aliphatic heterocycles. The zero-order valence-corrected chi connectivity index (χ0v) is 17.4. The van der Waals surface area contributed by atoms with Crippen molar-refractivity contribution in [3.63, 3.8) is 0 Å². The molecule has 0 bridgehead atoms. The van der Waals surface area contributed by atoms with Crippen molar-refractivity contribution < 1.29 is 23.8 Å². The van der Waals surface area contributed by atoms with Crippen molar-refractivity contribution in [2.24, 2.45) is 5.92 Å². The highest BCUT2D eigenvalue weighted by atomic mass is 35.5. The van der Waals surface area contributed by atoms with E-state index >= 15 is 0 Å². The Bertz CT molecular complexity index is 904. The lowest BCUT2D eigenvalue weighted by molar-refractivity contribution is -0.151. The molecular formula is C21H21ClO5S. The summed E-state index contributed by atoms with van der Waals surface area (Å²) >= 11 is 8.16. The van der Waals surface area contributed by atoms with Crippen molar-refractivity contribution in [1.29, 1.82) is 0 Å². The van der Waals surface area contributed by atoms with Crippen LogP contribution in [0.1, 0.15) is 29.7 Å². The van der Waals surface area contributed by atoms with Crippen LogP contribution in [0.5, 0.6) is 11.5 Å². The van der Waals surface area contributed by atoms with Gasteiger partial charge >= 0.3 is 5.97 Å². The number of allylic oxidation sites excluding steroid dienone is 2. The molecule has 0 saturated heterocycles. The molecule has 2 aromatic rings. The van der Waals surface area contributed by atoms with Gasteiger partial charge in [-0.2, -0.15) is 0 Å². The fourth-order valence-electron chi connectivity index (χ4n) is 3.50. The number of hydrogen-bond donors (Lipinski definition) is 0. The van der Waals surface area contributed by atoms with Crippen LogP contribution in [0.3, 0.4) is 0 Å². The smallest absolute Gasteiger partial charge is 0.317 e. The van der Waals surface area contributed by atoms with Crippen LogP contribution in [0.4, 0.5) is 0 Å². The molecule has 0 N–H and O–H groups in total. The van der Waals surface area contributed by atoms with E-state index in [-0.39, 0.29) is 12.4 Å². The fraction of sp³-hybridized carbons (Fsp3) is 0.333. The summed E-state index contributed by atoms with van der Waals surface area (Å²) in [7, 11) is 3.02. The van der Waals surface area contributed by atoms with Crippen LogP contribution in [-0.2, 0) is 14.3 Å². The second-order valence-electron chi connectivity index (χ2n) is 6.29. The molecule has 7 heteroatoms. The number of ether oxygens (including phenoxy) is 3. The molecule has 1 heterocycles. The number of carbonyl (C=O) groups is 2. The maximum absolute atomic E-state index is 12.9. The highest BCUT2D eigenvalue weighted by Gasteiger charge is 2.41. The molecule has 0 fully saturated rings. The summed E-state index contributed by atoms with van der Waals surface area (Å²) in [5, 5.41) is 2.29. The third kappa shape index (κ3) is 3.80. The molecule has 2 atom stereocenters. The lowest BCUT2D eigenvalue weighted by atomic mass is 9.74. The van der Waals surface area contributed by atoms with Crippen molar-refractivity contribution in [3.8, 4) is 11.5 Å². The Morgan fingerprint density at radius 2 is 2.04 bits per heavy atom. The van der Waals surface area contributed by atoms with Crippen LogP contribution in [-0.4, -0.2) is 32.6 Å². The quantitative estimate of drug-likeness (QED) is 0.499. The summed E-state index contributed by atoms with van der Waals surface area (Å²) in [5.41, 5.74) is 1.55. The molecular weight excluding hydrogens is 400 g/mol. The number of carbonyl (C=O) groups excluding carboxylic acids is 2. The molecule has 5 nitrogen and oxygen atoms in total. The number of ketones is 1. The Kier molecular flexibility index (Phi) is 6.42. The van der Waals surface area contributed by atoms with Gasteiger partial charge in [0.05, 0.1) is 25.8 Å². The van der Waals surface area contributed by atoms with E-state index in [1.165, 1.54) is 14.2 Å². The molecule has 1 aliphatic carbocycles. The monoisotopic (exact) mass is 420 g/mol. The highest BCUT2D eigenvalue weighted by molar-refractivity contribution is 7.11. The second kappa shape index (κ2) is 8.80. The summed E-state index contributed by atoms with van der Waals surface area (Å²) in [5.74, 6) is -1.35. The van der Waals surface area contributed by atoms with Crippen molar-refractivity contribution in [2.75, 3.05) is 20.8 Å². The summed E-state index contributed by atoms with van der Waals surface area (Å²) in [4.78, 5) is 26.5. The first kappa shape index (κ1) is 20.4. The van der Waals surface area contributed by atoms with E-state index in [0.29, 0.717) is 28.5 Å². The molecule has 0 unspecified atom stereocenters. The van der Waals surface area contributed by atoms with Gasteiger partial charge in [0.1, 0.15) is 5.92 Å². The van der Waals surface area contributed by atoms with Gasteiger partial charge in [-0.1, -0.05) is 23.7 Å². The van der Waals surface area contributed by atoms with E-state index in [0.717, 1.165) is 10.5 Å². The summed E-state index contributed by atoms with van der Waals surface area (Å²) in [6.45, 7) is 1.92. The molecule has 1 aliphatic rings. The molecule has 28 heavy (non-hydrogen) atoms. The molecule has 3 rings (SSSR count). The normalized spacial score (nSPS) is 19.1. The minimum absolute atomic E-state index is 0.205. The maximum Gasteiger partial charge on any atom is 0.317 e. The van der Waals surface area contributed by atoms with E-state index in [9.17, 15) is 9.59 Å². The van der Waals surface area contributed by atoms with Gasteiger partial charge in [0.15, 0.2) is 17.3 Å². The standard InChI is InChI=1S/C21H21ClO5S/c1-4-27-21(24)18-14(10-12(11-15(18)23)17-6-5-9-28-17)13-7-8-16(25-2)20(26-3)19(13)22/h5-9,11,14,18H,4,10H2,1-3H3/t14-,18+/m1/s1. The van der Waals surface area contributed by atoms with E-state index < -0.39 is 17.8 Å². The topological polar surface area (TPSA) is 61.8 Å². The van der Waals surface area contributed by atoms with E-state index in [2.05, 4.69) is 0 Å². The minimum Gasteiger partial charge on any atom is -0.493 e. The van der Waals surface area contributed by atoms with Gasteiger partial charge in [0.25, 0.3) is 0 Å². The van der Waals surface area contributed by atoms with Crippen LogP contribution in [0, 0.1) is 5.92 Å². The number of thiophene rings is 1. The van der Waals surface area contributed by atoms with Gasteiger partial charge < -0.3 is 14.2 Å². The lowest BCUT2D eigenvalue weighted by Gasteiger charge is -2.30. The lowest BCUT2D eigenvalue weighted by Crippen LogP contribution is -2.34. The van der Waals surface area contributed by atoms with Gasteiger partial charge in [0, 0.05) is 10.8 Å². The largest absolute Gasteiger partial charge is 0.493 e. The zero-order chi connectivity index (χ0) is 20.3. The highest BCUT2D eigenvalue weighted by Crippen LogP contribution is 2.47. The summed E-state index contributed by atoms with van der Waals surface area (Å²) in [6, 6.07) is 7.41. The molecule has 1 aromatic carbocycles. The van der Waals surface area contributed by atoms with Crippen molar-refractivity contribution >= 4 is 40.3 Å². The van der Waals surface area contributed by atoms with E-state index in [1.54, 1.807) is 36.5 Å². The van der Waals surface area contributed by atoms with Crippen LogP contribution in [0.2, 0.25) is 5.02 Å². The Morgan fingerprint density at radius 1 is 1.25 bits per heavy atom. The predicted molar refractivity (Wildman–Crippen MR) is 109 cm³/mol. The van der Waals surface area contributed by atoms with Gasteiger partial charge in [-0.15, -0.1) is 11.3 Å². The third-order valence-corrected chi connectivity index (χ3v) is 6.09. The fourth-order valence-corrected chi connectivity index (χ4v) is 4.63. The third-order valence-electron chi connectivity index (χ3n) is 4.76. The predicted octanol–water partition coefficient (Wildman–Crippen LogP) is 4.74. The molecule has 1 aromatic heterocycles. The van der Waals surface area contributed by atoms with Crippen LogP contribution in [0.25, 0.3) is 5.57 Å². The Balaban J connectivity index is 2.10. The minimum atomic E-state index is -0.945. The number of esters is 1. The van der Waals surface area contributed by atoms with Crippen molar-refractivity contribution in [1.82, 2.24) is 0 Å². The number of halogens is 1. The number of hydrogen-bond acceptors (Lipinski definition) is 6. The molecule has 148 valence electrons.